The van der Waals surface area contributed by atoms with E-state index in [1.165, 1.54) is 9.20 Å². The van der Waals surface area contributed by atoms with E-state index in [-0.39, 0.29) is 23.7 Å². The summed E-state index contributed by atoms with van der Waals surface area (Å²) in [7, 11) is 3.18. The molecule has 2 N–H and O–H groups in total. The Bertz CT molecular complexity index is 1060. The van der Waals surface area contributed by atoms with Gasteiger partial charge in [-0.3, -0.25) is 10.5 Å². The average molecular weight is 414 g/mol. The number of rotatable bonds is 8. The standard InChI is InChI=1S/C21H27N5O4/c1-21(2,3)15-10-14(11-16(12-15)29-5)17(27)13-25-20(22)26-18(23-25)6-7-19(24-26)30-9-8-28-4/h6-7,10-12,22H,8-9,13H2,1-5H3/p+1. The Morgan fingerprint density at radius 2 is 1.93 bits per heavy atom. The van der Waals surface area contributed by atoms with Crippen molar-refractivity contribution in [1.29, 1.82) is 0 Å². The van der Waals surface area contributed by atoms with Gasteiger partial charge in [0.2, 0.25) is 5.88 Å². The topological polar surface area (TPSA) is 105 Å². The van der Waals surface area contributed by atoms with Crippen molar-refractivity contribution in [3.63, 3.8) is 0 Å². The molecule has 0 spiro atoms. The molecule has 1 aromatic carbocycles. The molecule has 0 aliphatic rings. The van der Waals surface area contributed by atoms with Crippen LogP contribution in [0.5, 0.6) is 11.6 Å². The number of nitrogens with zero attached hydrogens (tertiary/aromatic N) is 4. The lowest BCUT2D eigenvalue weighted by Gasteiger charge is -2.20. The number of anilines is 1. The van der Waals surface area contributed by atoms with Crippen molar-refractivity contribution in [2.75, 3.05) is 33.2 Å². The van der Waals surface area contributed by atoms with E-state index in [2.05, 4.69) is 31.0 Å². The lowest BCUT2D eigenvalue weighted by Crippen LogP contribution is -2.42. The summed E-state index contributed by atoms with van der Waals surface area (Å²) in [6.07, 6.45) is 0. The number of hydrogen-bond acceptors (Lipinski definition) is 7. The van der Waals surface area contributed by atoms with Gasteiger partial charge in [-0.15, -0.1) is 4.68 Å². The maximum atomic E-state index is 13.0. The minimum atomic E-state index is -0.129. The van der Waals surface area contributed by atoms with Crippen LogP contribution >= 0.6 is 0 Å². The molecule has 0 radical (unpaired) electrons. The molecule has 0 bridgehead atoms. The first-order valence-corrected chi connectivity index (χ1v) is 9.63. The smallest absolute Gasteiger partial charge is 0.401 e. The molecule has 2 aromatic heterocycles. The van der Waals surface area contributed by atoms with Gasteiger partial charge in [0.15, 0.2) is 12.3 Å². The molecular weight excluding hydrogens is 386 g/mol. The minimum Gasteiger partial charge on any atom is -0.497 e. The fourth-order valence-corrected chi connectivity index (χ4v) is 2.89. The van der Waals surface area contributed by atoms with E-state index >= 15 is 0 Å². The van der Waals surface area contributed by atoms with Crippen LogP contribution in [0.1, 0.15) is 36.7 Å². The Morgan fingerprint density at radius 3 is 2.60 bits per heavy atom. The number of ketones is 1. The van der Waals surface area contributed by atoms with E-state index < -0.39 is 0 Å². The largest absolute Gasteiger partial charge is 0.497 e. The van der Waals surface area contributed by atoms with Gasteiger partial charge in [0, 0.05) is 24.8 Å². The summed E-state index contributed by atoms with van der Waals surface area (Å²) in [5, 5.41) is 8.71. The molecule has 3 rings (SSSR count). The molecule has 9 heteroatoms. The summed E-state index contributed by atoms with van der Waals surface area (Å²) in [6.45, 7) is 7.05. The molecule has 160 valence electrons. The first kappa shape index (κ1) is 21.5. The highest BCUT2D eigenvalue weighted by atomic mass is 16.5. The predicted octanol–water partition coefficient (Wildman–Crippen LogP) is 1.81. The van der Waals surface area contributed by atoms with Gasteiger partial charge in [-0.1, -0.05) is 35.5 Å². The van der Waals surface area contributed by atoms with Crippen molar-refractivity contribution in [3.05, 3.63) is 41.5 Å². The van der Waals surface area contributed by atoms with Crippen molar-refractivity contribution in [2.24, 2.45) is 0 Å². The summed E-state index contributed by atoms with van der Waals surface area (Å²) in [5.41, 5.74) is 8.13. The zero-order valence-corrected chi connectivity index (χ0v) is 18.0. The Labute approximate surface area is 175 Å². The third-order valence-electron chi connectivity index (χ3n) is 4.66. The van der Waals surface area contributed by atoms with Crippen LogP contribution in [0.4, 0.5) is 5.95 Å². The van der Waals surface area contributed by atoms with Crippen molar-refractivity contribution in [3.8, 4) is 11.6 Å². The summed E-state index contributed by atoms with van der Waals surface area (Å²) in [5.74, 6) is 1.13. The number of carbonyl (C=O) groups is 1. The number of fused-ring (bicyclic) bond motifs is 1. The van der Waals surface area contributed by atoms with Gasteiger partial charge < -0.3 is 14.2 Å². The number of hydrogen-bond donors (Lipinski definition) is 1. The molecule has 0 saturated heterocycles. The summed E-state index contributed by atoms with van der Waals surface area (Å²) >= 11 is 0. The van der Waals surface area contributed by atoms with Crippen LogP contribution in [-0.2, 0) is 16.7 Å². The van der Waals surface area contributed by atoms with Crippen molar-refractivity contribution in [2.45, 2.75) is 32.7 Å². The summed E-state index contributed by atoms with van der Waals surface area (Å²) in [4.78, 5) is 13.0. The van der Waals surface area contributed by atoms with Gasteiger partial charge in [0.25, 0.3) is 5.65 Å². The van der Waals surface area contributed by atoms with Crippen LogP contribution < -0.4 is 19.9 Å². The second-order valence-corrected chi connectivity index (χ2v) is 7.92. The van der Waals surface area contributed by atoms with Gasteiger partial charge in [0.05, 0.1) is 13.7 Å². The van der Waals surface area contributed by atoms with Gasteiger partial charge in [-0.25, -0.2) is 0 Å². The van der Waals surface area contributed by atoms with Crippen LogP contribution in [0, 0.1) is 0 Å². The van der Waals surface area contributed by atoms with Crippen LogP contribution in [0.25, 0.3) is 5.65 Å². The molecule has 2 heterocycles. The molecule has 30 heavy (non-hydrogen) atoms. The van der Waals surface area contributed by atoms with E-state index in [1.807, 2.05) is 12.1 Å². The number of aromatic nitrogens is 4. The molecule has 0 atom stereocenters. The highest BCUT2D eigenvalue weighted by molar-refractivity contribution is 5.95. The molecule has 9 nitrogen and oxygen atoms in total. The Balaban J connectivity index is 1.87. The van der Waals surface area contributed by atoms with E-state index in [0.29, 0.717) is 36.1 Å². The average Bonchev–Trinajstić information content (AvgIpc) is 3.02. The fraction of sp³-hybridized carbons (Fsp3) is 0.429. The van der Waals surface area contributed by atoms with Crippen LogP contribution in [0.2, 0.25) is 0 Å². The second-order valence-electron chi connectivity index (χ2n) is 7.92. The third kappa shape index (κ3) is 4.68. The number of benzene rings is 1. The first-order chi connectivity index (χ1) is 14.2. The molecule has 0 aliphatic carbocycles. The monoisotopic (exact) mass is 414 g/mol. The molecule has 0 unspecified atom stereocenters. The lowest BCUT2D eigenvalue weighted by molar-refractivity contribution is -0.723. The summed E-state index contributed by atoms with van der Waals surface area (Å²) < 4.78 is 18.7. The zero-order chi connectivity index (χ0) is 21.9. The number of nitrogens with two attached hydrogens (primary N) is 1. The SMILES string of the molecule is COCCOc1ccc2n[n+](CC(=O)c3cc(OC)cc(C(C)(C)C)c3)c(N)n2n1. The van der Waals surface area contributed by atoms with E-state index in [0.717, 1.165) is 5.56 Å². The van der Waals surface area contributed by atoms with Crippen molar-refractivity contribution >= 4 is 17.4 Å². The van der Waals surface area contributed by atoms with Gasteiger partial charge in [0.1, 0.15) is 12.4 Å². The molecule has 0 aliphatic heterocycles. The molecule has 3 aromatic rings. The highest BCUT2D eigenvalue weighted by Crippen LogP contribution is 2.27. The van der Waals surface area contributed by atoms with E-state index in [9.17, 15) is 4.79 Å². The second kappa shape index (κ2) is 8.66. The predicted molar refractivity (Wildman–Crippen MR) is 111 cm³/mol. The molecule has 0 amide bonds. The zero-order valence-electron chi connectivity index (χ0n) is 18.0. The van der Waals surface area contributed by atoms with Crippen LogP contribution in [0.15, 0.2) is 30.3 Å². The maximum Gasteiger partial charge on any atom is 0.401 e. The Kier molecular flexibility index (Phi) is 6.21. The van der Waals surface area contributed by atoms with E-state index in [4.69, 9.17) is 19.9 Å². The fourth-order valence-electron chi connectivity index (χ4n) is 2.89. The van der Waals surface area contributed by atoms with Crippen LogP contribution in [0.3, 0.4) is 0 Å². The van der Waals surface area contributed by atoms with Crippen molar-refractivity contribution < 1.29 is 23.7 Å². The van der Waals surface area contributed by atoms with Gasteiger partial charge in [-0.05, 0) is 29.2 Å². The Hall–Kier alpha value is -3.20. The molecular formula is C21H28N5O4+. The number of nitrogen functional groups attached to an aromatic ring is 1. The lowest BCUT2D eigenvalue weighted by atomic mass is 9.85. The number of carbonyl (C=O) groups excluding carboxylic acids is 1. The first-order valence-electron chi connectivity index (χ1n) is 9.63. The normalized spacial score (nSPS) is 11.6. The van der Waals surface area contributed by atoms with Crippen LogP contribution in [-0.4, -0.2) is 47.9 Å². The molecule has 0 saturated carbocycles. The number of Topliss-reactive ketones (excluding diaryl/α,β-unsaturated/α-hetero) is 1. The number of ether oxygens (including phenoxy) is 3. The van der Waals surface area contributed by atoms with E-state index in [1.54, 1.807) is 32.4 Å². The Morgan fingerprint density at radius 1 is 1.17 bits per heavy atom. The highest BCUT2D eigenvalue weighted by Gasteiger charge is 2.23. The molecule has 0 fully saturated rings. The number of methoxy groups -OCH3 is 2. The van der Waals surface area contributed by atoms with Gasteiger partial charge in [-0.2, -0.15) is 0 Å². The van der Waals surface area contributed by atoms with Crippen molar-refractivity contribution in [1.82, 2.24) is 14.7 Å². The maximum absolute atomic E-state index is 13.0. The third-order valence-corrected chi connectivity index (χ3v) is 4.66. The quantitative estimate of drug-likeness (QED) is 0.340. The van der Waals surface area contributed by atoms with Gasteiger partial charge >= 0.3 is 5.95 Å². The minimum absolute atomic E-state index is 0.0220. The summed E-state index contributed by atoms with van der Waals surface area (Å²) in [6, 6.07) is 8.98.